The van der Waals surface area contributed by atoms with E-state index in [0.29, 0.717) is 19.6 Å². The Morgan fingerprint density at radius 2 is 1.83 bits per heavy atom. The lowest BCUT2D eigenvalue weighted by Crippen LogP contribution is -3.15. The number of carbonyl (C=O) groups excluding carboxylic acids is 2. The summed E-state index contributed by atoms with van der Waals surface area (Å²) in [7, 11) is 1.53. The summed E-state index contributed by atoms with van der Waals surface area (Å²) in [6.07, 6.45) is 0. The highest BCUT2D eigenvalue weighted by atomic mass is 16.5. The van der Waals surface area contributed by atoms with Gasteiger partial charge in [0.25, 0.3) is 5.91 Å². The van der Waals surface area contributed by atoms with E-state index in [9.17, 15) is 9.59 Å². The smallest absolute Gasteiger partial charge is 0.279 e. The second-order valence-corrected chi connectivity index (χ2v) is 6.06. The minimum Gasteiger partial charge on any atom is -0.375 e. The maximum atomic E-state index is 12.3. The minimum absolute atomic E-state index is 0.0199. The van der Waals surface area contributed by atoms with Gasteiger partial charge in [-0.2, -0.15) is 0 Å². The lowest BCUT2D eigenvalue weighted by Gasteiger charge is -2.31. The van der Waals surface area contributed by atoms with Gasteiger partial charge < -0.3 is 19.9 Å². The van der Waals surface area contributed by atoms with E-state index < -0.39 is 0 Å². The largest absolute Gasteiger partial charge is 0.375 e. The number of benzene rings is 1. The van der Waals surface area contributed by atoms with E-state index in [0.717, 1.165) is 29.9 Å². The normalized spacial score (nSPS) is 15.5. The number of amides is 2. The van der Waals surface area contributed by atoms with Crippen LogP contribution in [0.25, 0.3) is 0 Å². The summed E-state index contributed by atoms with van der Waals surface area (Å²) in [6.45, 7) is 7.47. The standard InChI is InChI=1S/C17H25N3O3/c1-13-5-4-6-14(2)17(13)18-15(21)11-19-7-9-20(10-8-19)16(22)12-23-3/h4-6H,7-12H2,1-3H3,(H,18,21)/p+1. The molecule has 1 saturated heterocycles. The van der Waals surface area contributed by atoms with Gasteiger partial charge in [-0.05, 0) is 25.0 Å². The van der Waals surface area contributed by atoms with Crippen LogP contribution in [-0.2, 0) is 14.3 Å². The summed E-state index contributed by atoms with van der Waals surface area (Å²) >= 11 is 0. The van der Waals surface area contributed by atoms with Crippen molar-refractivity contribution < 1.29 is 19.2 Å². The van der Waals surface area contributed by atoms with Crippen molar-refractivity contribution in [1.29, 1.82) is 0 Å². The zero-order chi connectivity index (χ0) is 16.8. The van der Waals surface area contributed by atoms with Gasteiger partial charge in [0.15, 0.2) is 6.54 Å². The van der Waals surface area contributed by atoms with E-state index in [-0.39, 0.29) is 18.4 Å². The van der Waals surface area contributed by atoms with Gasteiger partial charge in [-0.1, -0.05) is 18.2 Å². The predicted molar refractivity (Wildman–Crippen MR) is 88.6 cm³/mol. The first kappa shape index (κ1) is 17.4. The molecule has 2 N–H and O–H groups in total. The molecule has 0 unspecified atom stereocenters. The third-order valence-corrected chi connectivity index (χ3v) is 4.25. The molecule has 6 heteroatoms. The Balaban J connectivity index is 1.82. The van der Waals surface area contributed by atoms with E-state index in [1.54, 1.807) is 4.90 Å². The zero-order valence-electron chi connectivity index (χ0n) is 14.1. The van der Waals surface area contributed by atoms with Crippen LogP contribution in [-0.4, -0.2) is 63.2 Å². The summed E-state index contributed by atoms with van der Waals surface area (Å²) in [5, 5.41) is 3.02. The minimum atomic E-state index is 0.0199. The number of para-hydroxylation sites is 1. The van der Waals surface area contributed by atoms with E-state index in [4.69, 9.17) is 4.74 Å². The number of hydrogen-bond donors (Lipinski definition) is 2. The van der Waals surface area contributed by atoms with Crippen LogP contribution in [0.2, 0.25) is 0 Å². The first-order valence-electron chi connectivity index (χ1n) is 7.97. The van der Waals surface area contributed by atoms with Gasteiger partial charge in [0, 0.05) is 12.8 Å². The Kier molecular flexibility index (Phi) is 6.12. The van der Waals surface area contributed by atoms with Gasteiger partial charge in [-0.3, -0.25) is 9.59 Å². The van der Waals surface area contributed by atoms with Crippen LogP contribution in [0.4, 0.5) is 5.69 Å². The SMILES string of the molecule is COCC(=O)N1CC[NH+](CC(=O)Nc2c(C)cccc2C)CC1. The lowest BCUT2D eigenvalue weighted by molar-refractivity contribution is -0.895. The second kappa shape index (κ2) is 8.08. The van der Waals surface area contributed by atoms with Crippen LogP contribution in [0.5, 0.6) is 0 Å². The molecule has 1 fully saturated rings. The Morgan fingerprint density at radius 3 is 2.39 bits per heavy atom. The van der Waals surface area contributed by atoms with Gasteiger partial charge in [0.1, 0.15) is 6.61 Å². The van der Waals surface area contributed by atoms with Crippen molar-refractivity contribution in [3.8, 4) is 0 Å². The summed E-state index contributed by atoms with van der Waals surface area (Å²) in [5.74, 6) is 0.0422. The maximum absolute atomic E-state index is 12.3. The first-order chi connectivity index (χ1) is 11.0. The van der Waals surface area contributed by atoms with Crippen molar-refractivity contribution in [2.75, 3.05) is 51.8 Å². The maximum Gasteiger partial charge on any atom is 0.279 e. The fourth-order valence-electron chi connectivity index (χ4n) is 2.89. The lowest BCUT2D eigenvalue weighted by atomic mass is 10.1. The van der Waals surface area contributed by atoms with Crippen LogP contribution in [0.15, 0.2) is 18.2 Å². The average molecular weight is 320 g/mol. The van der Waals surface area contributed by atoms with E-state index in [1.807, 2.05) is 32.0 Å². The summed E-state index contributed by atoms with van der Waals surface area (Å²) in [6, 6.07) is 5.98. The van der Waals surface area contributed by atoms with Crippen LogP contribution in [0.1, 0.15) is 11.1 Å². The summed E-state index contributed by atoms with van der Waals surface area (Å²) in [5.41, 5.74) is 3.05. The van der Waals surface area contributed by atoms with Crippen LogP contribution >= 0.6 is 0 Å². The Hall–Kier alpha value is -1.92. The first-order valence-corrected chi connectivity index (χ1v) is 7.97. The number of hydrogen-bond acceptors (Lipinski definition) is 3. The van der Waals surface area contributed by atoms with E-state index in [2.05, 4.69) is 5.32 Å². The third kappa shape index (κ3) is 4.77. The predicted octanol–water partition coefficient (Wildman–Crippen LogP) is -0.385. The summed E-state index contributed by atoms with van der Waals surface area (Å²) in [4.78, 5) is 27.0. The molecule has 0 saturated carbocycles. The number of methoxy groups -OCH3 is 1. The van der Waals surface area contributed by atoms with Crippen molar-refractivity contribution >= 4 is 17.5 Å². The molecule has 0 aliphatic carbocycles. The zero-order valence-corrected chi connectivity index (χ0v) is 14.1. The molecule has 23 heavy (non-hydrogen) atoms. The molecule has 0 radical (unpaired) electrons. The van der Waals surface area contributed by atoms with Gasteiger partial charge >= 0.3 is 0 Å². The molecule has 0 bridgehead atoms. The molecular weight excluding hydrogens is 294 g/mol. The molecule has 1 aliphatic heterocycles. The highest BCUT2D eigenvalue weighted by Gasteiger charge is 2.25. The van der Waals surface area contributed by atoms with Gasteiger partial charge in [-0.15, -0.1) is 0 Å². The number of anilines is 1. The molecule has 126 valence electrons. The Morgan fingerprint density at radius 1 is 1.22 bits per heavy atom. The number of nitrogens with one attached hydrogen (secondary N) is 2. The van der Waals surface area contributed by atoms with Crippen molar-refractivity contribution in [3.05, 3.63) is 29.3 Å². The number of carbonyl (C=O) groups is 2. The molecule has 1 heterocycles. The molecule has 1 aromatic rings. The number of nitrogens with zero attached hydrogens (tertiary/aromatic N) is 1. The third-order valence-electron chi connectivity index (χ3n) is 4.25. The van der Waals surface area contributed by atoms with Crippen LogP contribution < -0.4 is 10.2 Å². The van der Waals surface area contributed by atoms with Crippen LogP contribution in [0, 0.1) is 13.8 Å². The fourth-order valence-corrected chi connectivity index (χ4v) is 2.89. The molecule has 2 amide bonds. The monoisotopic (exact) mass is 320 g/mol. The Bertz CT molecular complexity index is 546. The molecule has 6 nitrogen and oxygen atoms in total. The number of ether oxygens (including phenoxy) is 1. The van der Waals surface area contributed by atoms with Crippen molar-refractivity contribution in [2.24, 2.45) is 0 Å². The average Bonchev–Trinajstić information content (AvgIpc) is 2.52. The number of quaternary nitrogens is 1. The molecule has 1 aliphatic rings. The molecule has 0 spiro atoms. The van der Waals surface area contributed by atoms with Crippen molar-refractivity contribution in [1.82, 2.24) is 4.90 Å². The Labute approximate surface area is 137 Å². The molecule has 1 aromatic carbocycles. The van der Waals surface area contributed by atoms with Gasteiger partial charge in [0.2, 0.25) is 5.91 Å². The molecule has 0 atom stereocenters. The van der Waals surface area contributed by atoms with Crippen LogP contribution in [0.3, 0.4) is 0 Å². The second-order valence-electron chi connectivity index (χ2n) is 6.06. The number of piperazine rings is 1. The van der Waals surface area contributed by atoms with Crippen molar-refractivity contribution in [2.45, 2.75) is 13.8 Å². The topological polar surface area (TPSA) is 63.1 Å². The van der Waals surface area contributed by atoms with Gasteiger partial charge in [-0.25, -0.2) is 0 Å². The number of aryl methyl sites for hydroxylation is 2. The molecular formula is C17H26N3O3+. The number of rotatable bonds is 5. The van der Waals surface area contributed by atoms with E-state index >= 15 is 0 Å². The molecule has 0 aromatic heterocycles. The highest BCUT2D eigenvalue weighted by molar-refractivity contribution is 5.93. The highest BCUT2D eigenvalue weighted by Crippen LogP contribution is 2.18. The van der Waals surface area contributed by atoms with E-state index in [1.165, 1.54) is 12.0 Å². The molecule has 2 rings (SSSR count). The summed E-state index contributed by atoms with van der Waals surface area (Å²) < 4.78 is 4.87. The van der Waals surface area contributed by atoms with Crippen molar-refractivity contribution in [3.63, 3.8) is 0 Å². The quantitative estimate of drug-likeness (QED) is 0.777. The van der Waals surface area contributed by atoms with Gasteiger partial charge in [0.05, 0.1) is 26.2 Å². The fraction of sp³-hybridized carbons (Fsp3) is 0.529.